The maximum atomic E-state index is 13.4. The van der Waals surface area contributed by atoms with Crippen molar-refractivity contribution in [3.63, 3.8) is 0 Å². The van der Waals surface area contributed by atoms with Crippen LogP contribution in [0.25, 0.3) is 0 Å². The third-order valence-electron chi connectivity index (χ3n) is 4.53. The van der Waals surface area contributed by atoms with Gasteiger partial charge in [0, 0.05) is 0 Å². The lowest BCUT2D eigenvalue weighted by Gasteiger charge is -2.24. The molecule has 0 spiro atoms. The summed E-state index contributed by atoms with van der Waals surface area (Å²) in [6.45, 7) is 7.74. The number of sulfonamides is 1. The second-order valence-electron chi connectivity index (χ2n) is 8.03. The fourth-order valence-electron chi connectivity index (χ4n) is 2.81. The van der Waals surface area contributed by atoms with Crippen molar-refractivity contribution in [2.75, 3.05) is 17.1 Å². The molecule has 0 bridgehead atoms. The second kappa shape index (κ2) is 8.71. The van der Waals surface area contributed by atoms with Crippen LogP contribution in [0, 0.1) is 5.82 Å². The Morgan fingerprint density at radius 3 is 2.24 bits per heavy atom. The van der Waals surface area contributed by atoms with Gasteiger partial charge in [0.25, 0.3) is 0 Å². The fraction of sp³-hybridized carbons (Fsp3) is 0.381. The molecule has 1 amide bonds. The minimum atomic E-state index is -3.77. The van der Waals surface area contributed by atoms with E-state index in [9.17, 15) is 17.6 Å². The van der Waals surface area contributed by atoms with Crippen molar-refractivity contribution in [3.05, 3.63) is 64.4 Å². The van der Waals surface area contributed by atoms with Gasteiger partial charge >= 0.3 is 0 Å². The number of amides is 1. The zero-order valence-corrected chi connectivity index (χ0v) is 18.7. The summed E-state index contributed by atoms with van der Waals surface area (Å²) >= 11 is 5.76. The number of anilines is 1. The first-order valence-electron chi connectivity index (χ1n) is 9.11. The summed E-state index contributed by atoms with van der Waals surface area (Å²) in [5.41, 5.74) is 2.23. The van der Waals surface area contributed by atoms with Crippen LogP contribution in [0.1, 0.15) is 44.9 Å². The molecule has 0 saturated heterocycles. The van der Waals surface area contributed by atoms with Gasteiger partial charge in [0.2, 0.25) is 15.9 Å². The molecular formula is C21H26ClFN2O3S. The zero-order chi connectivity index (χ0) is 22.0. The number of nitrogens with zero attached hydrogens (tertiary/aromatic N) is 1. The highest BCUT2D eigenvalue weighted by atomic mass is 35.5. The lowest BCUT2D eigenvalue weighted by atomic mass is 9.86. The van der Waals surface area contributed by atoms with Crippen LogP contribution in [0.5, 0.6) is 0 Å². The number of carbonyl (C=O) groups excluding carboxylic acids is 1. The number of carbonyl (C=O) groups is 1. The molecule has 2 aromatic carbocycles. The van der Waals surface area contributed by atoms with Crippen LogP contribution in [-0.4, -0.2) is 27.1 Å². The molecule has 0 radical (unpaired) electrons. The molecule has 0 heterocycles. The average molecular weight is 441 g/mol. The van der Waals surface area contributed by atoms with Crippen molar-refractivity contribution < 1.29 is 17.6 Å². The van der Waals surface area contributed by atoms with Crippen LogP contribution in [-0.2, 0) is 20.2 Å². The monoisotopic (exact) mass is 440 g/mol. The molecule has 1 N–H and O–H groups in total. The third kappa shape index (κ3) is 6.18. The van der Waals surface area contributed by atoms with Crippen LogP contribution in [0.3, 0.4) is 0 Å². The highest BCUT2D eigenvalue weighted by Gasteiger charge is 2.23. The summed E-state index contributed by atoms with van der Waals surface area (Å²) in [7, 11) is -3.77. The molecule has 0 aromatic heterocycles. The Morgan fingerprint density at radius 2 is 1.76 bits per heavy atom. The predicted octanol–water partition coefficient (Wildman–Crippen LogP) is 4.42. The molecule has 0 fully saturated rings. The van der Waals surface area contributed by atoms with E-state index in [-0.39, 0.29) is 22.2 Å². The molecule has 158 valence electrons. The van der Waals surface area contributed by atoms with Gasteiger partial charge in [-0.1, -0.05) is 56.6 Å². The topological polar surface area (TPSA) is 66.5 Å². The molecular weight excluding hydrogens is 415 g/mol. The summed E-state index contributed by atoms with van der Waals surface area (Å²) in [6, 6.07) is 11.1. The maximum absolute atomic E-state index is 13.4. The minimum absolute atomic E-state index is 0.0252. The molecule has 0 aliphatic carbocycles. The van der Waals surface area contributed by atoms with Gasteiger partial charge in [-0.3, -0.25) is 9.10 Å². The molecule has 29 heavy (non-hydrogen) atoms. The van der Waals surface area contributed by atoms with E-state index in [1.54, 1.807) is 0 Å². The van der Waals surface area contributed by atoms with E-state index in [2.05, 4.69) is 26.1 Å². The van der Waals surface area contributed by atoms with Gasteiger partial charge in [0.05, 0.1) is 23.0 Å². The third-order valence-corrected chi connectivity index (χ3v) is 5.96. The quantitative estimate of drug-likeness (QED) is 0.723. The van der Waals surface area contributed by atoms with Gasteiger partial charge in [0.1, 0.15) is 12.4 Å². The largest absolute Gasteiger partial charge is 0.348 e. The number of hydrogen-bond acceptors (Lipinski definition) is 3. The van der Waals surface area contributed by atoms with Crippen molar-refractivity contribution in [3.8, 4) is 0 Å². The summed E-state index contributed by atoms with van der Waals surface area (Å²) in [5, 5.41) is 2.58. The first kappa shape index (κ1) is 23.2. The number of rotatable bonds is 6. The first-order valence-corrected chi connectivity index (χ1v) is 11.3. The number of benzene rings is 2. The Labute approximate surface area is 176 Å². The van der Waals surface area contributed by atoms with E-state index in [1.165, 1.54) is 17.7 Å². The smallest absolute Gasteiger partial charge is 0.241 e. The lowest BCUT2D eigenvalue weighted by Crippen LogP contribution is -2.41. The standard InChI is InChI=1S/C21H26ClFN2O3S/c1-14(15-6-8-16(9-7-15)21(2,3)4)24-20(26)13-25(29(5,27)28)17-10-11-19(23)18(22)12-17/h6-12,14H,13H2,1-5H3,(H,24,26)/t14-/m1/s1. The Kier molecular flexibility index (Phi) is 6.96. The summed E-state index contributed by atoms with van der Waals surface area (Å²) < 4.78 is 38.6. The molecule has 2 rings (SSSR count). The molecule has 8 heteroatoms. The van der Waals surface area contributed by atoms with Gasteiger partial charge in [-0.25, -0.2) is 12.8 Å². The SMILES string of the molecule is C[C@@H](NC(=O)CN(c1ccc(F)c(Cl)c1)S(C)(=O)=O)c1ccc(C(C)(C)C)cc1. The summed E-state index contributed by atoms with van der Waals surface area (Å²) in [5.74, 6) is -1.15. The summed E-state index contributed by atoms with van der Waals surface area (Å²) in [6.07, 6.45) is 0.978. The van der Waals surface area contributed by atoms with Crippen LogP contribution in [0.4, 0.5) is 10.1 Å². The highest BCUT2D eigenvalue weighted by Crippen LogP contribution is 2.25. The number of halogens is 2. The van der Waals surface area contributed by atoms with E-state index < -0.39 is 28.3 Å². The molecule has 1 atom stereocenters. The number of nitrogens with one attached hydrogen (secondary N) is 1. The Hall–Kier alpha value is -2.12. The van der Waals surface area contributed by atoms with Gasteiger partial charge < -0.3 is 5.32 Å². The summed E-state index contributed by atoms with van der Waals surface area (Å²) in [4.78, 5) is 12.5. The van der Waals surface area contributed by atoms with Gasteiger partial charge in [-0.2, -0.15) is 0 Å². The van der Waals surface area contributed by atoms with E-state index in [1.807, 2.05) is 31.2 Å². The van der Waals surface area contributed by atoms with Crippen molar-refractivity contribution in [2.45, 2.75) is 39.2 Å². The van der Waals surface area contributed by atoms with E-state index >= 15 is 0 Å². The van der Waals surface area contributed by atoms with Crippen molar-refractivity contribution in [1.29, 1.82) is 0 Å². The molecule has 0 unspecified atom stereocenters. The molecule has 0 aliphatic rings. The van der Waals surface area contributed by atoms with E-state index in [0.29, 0.717) is 0 Å². The Balaban J connectivity index is 2.14. The van der Waals surface area contributed by atoms with Gasteiger partial charge in [-0.15, -0.1) is 0 Å². The fourth-order valence-corrected chi connectivity index (χ4v) is 3.84. The van der Waals surface area contributed by atoms with Crippen LogP contribution in [0.2, 0.25) is 5.02 Å². The molecule has 0 saturated carbocycles. The molecule has 0 aliphatic heterocycles. The molecule has 2 aromatic rings. The Morgan fingerprint density at radius 1 is 1.17 bits per heavy atom. The zero-order valence-electron chi connectivity index (χ0n) is 17.2. The number of hydrogen-bond donors (Lipinski definition) is 1. The second-order valence-corrected chi connectivity index (χ2v) is 10.3. The van der Waals surface area contributed by atoms with Crippen molar-refractivity contribution >= 4 is 33.2 Å². The van der Waals surface area contributed by atoms with E-state index in [4.69, 9.17) is 11.6 Å². The van der Waals surface area contributed by atoms with Crippen molar-refractivity contribution in [2.24, 2.45) is 0 Å². The highest BCUT2D eigenvalue weighted by molar-refractivity contribution is 7.92. The lowest BCUT2D eigenvalue weighted by molar-refractivity contribution is -0.120. The minimum Gasteiger partial charge on any atom is -0.348 e. The van der Waals surface area contributed by atoms with Crippen LogP contribution in [0.15, 0.2) is 42.5 Å². The molecule has 5 nitrogen and oxygen atoms in total. The van der Waals surface area contributed by atoms with Gasteiger partial charge in [0.15, 0.2) is 0 Å². The maximum Gasteiger partial charge on any atom is 0.241 e. The van der Waals surface area contributed by atoms with Crippen LogP contribution >= 0.6 is 11.6 Å². The Bertz CT molecular complexity index is 986. The van der Waals surface area contributed by atoms with Gasteiger partial charge in [-0.05, 0) is 41.7 Å². The van der Waals surface area contributed by atoms with Crippen LogP contribution < -0.4 is 9.62 Å². The normalized spacial score (nSPS) is 13.1. The first-order chi connectivity index (χ1) is 13.3. The predicted molar refractivity (Wildman–Crippen MR) is 115 cm³/mol. The van der Waals surface area contributed by atoms with E-state index in [0.717, 1.165) is 22.2 Å². The van der Waals surface area contributed by atoms with Crippen molar-refractivity contribution in [1.82, 2.24) is 5.32 Å². The average Bonchev–Trinajstić information content (AvgIpc) is 2.60.